The summed E-state index contributed by atoms with van der Waals surface area (Å²) in [6, 6.07) is 0.622. The first kappa shape index (κ1) is 14.7. The average molecular weight is 277 g/mol. The number of anilines is 1. The third-order valence-electron chi connectivity index (χ3n) is 3.64. The van der Waals surface area contributed by atoms with Crippen molar-refractivity contribution in [3.8, 4) is 0 Å². The van der Waals surface area contributed by atoms with Gasteiger partial charge < -0.3 is 16.4 Å². The maximum absolute atomic E-state index is 11.2. The highest BCUT2D eigenvalue weighted by molar-refractivity contribution is 5.95. The first-order valence-electron chi connectivity index (χ1n) is 7.35. The summed E-state index contributed by atoms with van der Waals surface area (Å²) in [6.45, 7) is 1.55. The molecular weight excluding hydrogens is 254 g/mol. The predicted octanol–water partition coefficient (Wildman–Crippen LogP) is 1.30. The molecule has 6 nitrogen and oxygen atoms in total. The molecule has 1 aromatic heterocycles. The van der Waals surface area contributed by atoms with Crippen LogP contribution in [0.1, 0.15) is 49.0 Å². The van der Waals surface area contributed by atoms with Gasteiger partial charge in [0.25, 0.3) is 5.91 Å². The van der Waals surface area contributed by atoms with E-state index in [1.807, 2.05) is 0 Å². The summed E-state index contributed by atoms with van der Waals surface area (Å²) in [5.41, 5.74) is 5.45. The zero-order valence-electron chi connectivity index (χ0n) is 11.8. The molecule has 1 fully saturated rings. The molecule has 0 saturated heterocycles. The van der Waals surface area contributed by atoms with Crippen LogP contribution in [-0.4, -0.2) is 35.0 Å². The number of hydrogen-bond donors (Lipinski definition) is 3. The van der Waals surface area contributed by atoms with Crippen LogP contribution in [0.15, 0.2) is 12.4 Å². The maximum atomic E-state index is 11.2. The minimum absolute atomic E-state index is 0.196. The Kier molecular flexibility index (Phi) is 5.73. The second-order valence-electron chi connectivity index (χ2n) is 5.19. The van der Waals surface area contributed by atoms with E-state index in [1.165, 1.54) is 44.7 Å². The first-order chi connectivity index (χ1) is 9.77. The summed E-state index contributed by atoms with van der Waals surface area (Å²) in [6.07, 6.45) is 10.9. The molecule has 1 heterocycles. The number of rotatable bonds is 6. The topological polar surface area (TPSA) is 92.9 Å². The van der Waals surface area contributed by atoms with E-state index < -0.39 is 5.91 Å². The fraction of sp³-hybridized carbons (Fsp3) is 0.643. The molecule has 1 aliphatic carbocycles. The van der Waals surface area contributed by atoms with Crippen LogP contribution in [-0.2, 0) is 0 Å². The molecule has 0 unspecified atom stereocenters. The molecule has 1 aliphatic rings. The van der Waals surface area contributed by atoms with Crippen LogP contribution in [0.3, 0.4) is 0 Å². The average Bonchev–Trinajstić information content (AvgIpc) is 2.72. The van der Waals surface area contributed by atoms with Crippen molar-refractivity contribution in [3.63, 3.8) is 0 Å². The van der Waals surface area contributed by atoms with Crippen LogP contribution in [0, 0.1) is 0 Å². The van der Waals surface area contributed by atoms with E-state index in [1.54, 1.807) is 6.20 Å². The van der Waals surface area contributed by atoms with Gasteiger partial charge in [0.15, 0.2) is 11.5 Å². The third-order valence-corrected chi connectivity index (χ3v) is 3.64. The van der Waals surface area contributed by atoms with Gasteiger partial charge in [-0.3, -0.25) is 4.79 Å². The van der Waals surface area contributed by atoms with Gasteiger partial charge >= 0.3 is 0 Å². The minimum atomic E-state index is -0.558. The Morgan fingerprint density at radius 1 is 1.15 bits per heavy atom. The molecule has 0 spiro atoms. The number of primary amides is 1. The molecule has 0 bridgehead atoms. The van der Waals surface area contributed by atoms with Crippen molar-refractivity contribution in [2.75, 3.05) is 18.4 Å². The molecular formula is C14H23N5O. The van der Waals surface area contributed by atoms with Crippen LogP contribution in [0.5, 0.6) is 0 Å². The molecule has 1 amide bonds. The van der Waals surface area contributed by atoms with E-state index in [9.17, 15) is 4.79 Å². The smallest absolute Gasteiger partial charge is 0.271 e. The van der Waals surface area contributed by atoms with E-state index >= 15 is 0 Å². The van der Waals surface area contributed by atoms with Crippen molar-refractivity contribution in [1.29, 1.82) is 0 Å². The lowest BCUT2D eigenvalue weighted by Gasteiger charge is -2.16. The number of hydrogen-bond acceptors (Lipinski definition) is 5. The van der Waals surface area contributed by atoms with E-state index in [0.717, 1.165) is 6.54 Å². The number of nitrogens with two attached hydrogens (primary N) is 1. The summed E-state index contributed by atoms with van der Waals surface area (Å²) < 4.78 is 0. The van der Waals surface area contributed by atoms with Crippen LogP contribution in [0.4, 0.5) is 5.82 Å². The highest BCUT2D eigenvalue weighted by Gasteiger charge is 2.12. The summed E-state index contributed by atoms with van der Waals surface area (Å²) in [4.78, 5) is 19.2. The Labute approximate surface area is 119 Å². The normalized spacial score (nSPS) is 16.6. The fourth-order valence-corrected chi connectivity index (χ4v) is 2.59. The van der Waals surface area contributed by atoms with Gasteiger partial charge in [-0.15, -0.1) is 0 Å². The van der Waals surface area contributed by atoms with Gasteiger partial charge in [0.05, 0.1) is 0 Å². The molecule has 1 saturated carbocycles. The molecule has 4 N–H and O–H groups in total. The Bertz CT molecular complexity index is 429. The van der Waals surface area contributed by atoms with Crippen molar-refractivity contribution in [3.05, 3.63) is 18.1 Å². The number of nitrogens with zero attached hydrogens (tertiary/aromatic N) is 2. The van der Waals surface area contributed by atoms with Crippen molar-refractivity contribution >= 4 is 11.7 Å². The second-order valence-corrected chi connectivity index (χ2v) is 5.19. The monoisotopic (exact) mass is 277 g/mol. The zero-order chi connectivity index (χ0) is 14.2. The maximum Gasteiger partial charge on any atom is 0.271 e. The summed E-state index contributed by atoms with van der Waals surface area (Å²) in [5, 5.41) is 6.67. The van der Waals surface area contributed by atoms with Crippen molar-refractivity contribution < 1.29 is 4.79 Å². The molecule has 1 aromatic rings. The zero-order valence-corrected chi connectivity index (χ0v) is 11.8. The Morgan fingerprint density at radius 2 is 1.85 bits per heavy atom. The lowest BCUT2D eigenvalue weighted by atomic mass is 10.1. The summed E-state index contributed by atoms with van der Waals surface area (Å²) in [7, 11) is 0. The van der Waals surface area contributed by atoms with Crippen LogP contribution < -0.4 is 16.4 Å². The Balaban J connectivity index is 1.74. The van der Waals surface area contributed by atoms with Crippen LogP contribution >= 0.6 is 0 Å². The van der Waals surface area contributed by atoms with Gasteiger partial charge in [0.2, 0.25) is 0 Å². The number of amides is 1. The molecule has 0 atom stereocenters. The third kappa shape index (κ3) is 4.45. The Morgan fingerprint density at radius 3 is 2.55 bits per heavy atom. The fourth-order valence-electron chi connectivity index (χ4n) is 2.59. The molecule has 20 heavy (non-hydrogen) atoms. The molecule has 0 aromatic carbocycles. The second kappa shape index (κ2) is 7.79. The molecule has 0 aliphatic heterocycles. The number of carbonyl (C=O) groups is 1. The first-order valence-corrected chi connectivity index (χ1v) is 7.35. The lowest BCUT2D eigenvalue weighted by molar-refractivity contribution is 0.0996. The molecule has 0 radical (unpaired) electrons. The SMILES string of the molecule is NC(=O)c1nccnc1NCCNC1CCCCCC1. The largest absolute Gasteiger partial charge is 0.367 e. The van der Waals surface area contributed by atoms with Crippen LogP contribution in [0.2, 0.25) is 0 Å². The van der Waals surface area contributed by atoms with E-state index in [2.05, 4.69) is 20.6 Å². The highest BCUT2D eigenvalue weighted by Crippen LogP contribution is 2.16. The van der Waals surface area contributed by atoms with Crippen molar-refractivity contribution in [1.82, 2.24) is 15.3 Å². The van der Waals surface area contributed by atoms with Gasteiger partial charge in [0, 0.05) is 31.5 Å². The predicted molar refractivity (Wildman–Crippen MR) is 78.5 cm³/mol. The quantitative estimate of drug-likeness (QED) is 0.538. The van der Waals surface area contributed by atoms with Gasteiger partial charge in [-0.05, 0) is 12.8 Å². The van der Waals surface area contributed by atoms with Gasteiger partial charge in [-0.1, -0.05) is 25.7 Å². The van der Waals surface area contributed by atoms with Gasteiger partial charge in [-0.25, -0.2) is 9.97 Å². The highest BCUT2D eigenvalue weighted by atomic mass is 16.1. The summed E-state index contributed by atoms with van der Waals surface area (Å²) >= 11 is 0. The lowest BCUT2D eigenvalue weighted by Crippen LogP contribution is -2.33. The number of carbonyl (C=O) groups excluding carboxylic acids is 1. The van der Waals surface area contributed by atoms with Gasteiger partial charge in [0.1, 0.15) is 0 Å². The van der Waals surface area contributed by atoms with E-state index in [0.29, 0.717) is 18.4 Å². The van der Waals surface area contributed by atoms with Crippen LogP contribution in [0.25, 0.3) is 0 Å². The number of aromatic nitrogens is 2. The van der Waals surface area contributed by atoms with Crippen molar-refractivity contribution in [2.45, 2.75) is 44.6 Å². The van der Waals surface area contributed by atoms with Gasteiger partial charge in [-0.2, -0.15) is 0 Å². The minimum Gasteiger partial charge on any atom is -0.367 e. The molecule has 110 valence electrons. The molecule has 6 heteroatoms. The van der Waals surface area contributed by atoms with Crippen molar-refractivity contribution in [2.24, 2.45) is 5.73 Å². The van der Waals surface area contributed by atoms with E-state index in [4.69, 9.17) is 5.73 Å². The molecule has 2 rings (SSSR count). The Hall–Kier alpha value is -1.69. The number of nitrogens with one attached hydrogen (secondary N) is 2. The van der Waals surface area contributed by atoms with E-state index in [-0.39, 0.29) is 5.69 Å². The standard InChI is InChI=1S/C14H23N5O/c15-13(20)12-14(19-10-8-17-12)18-9-7-16-11-5-3-1-2-4-6-11/h8,10-11,16H,1-7,9H2,(H2,15,20)(H,18,19). The summed E-state index contributed by atoms with van der Waals surface area (Å²) in [5.74, 6) is -0.0972.